The zero-order valence-corrected chi connectivity index (χ0v) is 19.5. The second-order valence-electron chi connectivity index (χ2n) is 8.84. The number of aromatic nitrogens is 2. The molecule has 1 aromatic heterocycles. The first-order valence-corrected chi connectivity index (χ1v) is 12.8. The highest BCUT2D eigenvalue weighted by Gasteiger charge is 2.36. The molecule has 4 heterocycles. The Balaban J connectivity index is 0.000000868. The van der Waals surface area contributed by atoms with Crippen LogP contribution in [0.5, 0.6) is 0 Å². The highest BCUT2D eigenvalue weighted by atomic mass is 32.2. The van der Waals surface area contributed by atoms with Crippen molar-refractivity contribution in [2.45, 2.75) is 25.0 Å². The molecular formula is C24H28N4O5S. The number of carbonyl (C=O) groups excluding carboxylic acids is 1. The molecule has 1 atom stereocenters. The fraction of sp³-hybridized carbons (Fsp3) is 0.375. The van der Waals surface area contributed by atoms with Crippen LogP contribution in [-0.4, -0.2) is 59.5 Å². The van der Waals surface area contributed by atoms with Crippen LogP contribution in [-0.2, 0) is 20.6 Å². The molecule has 34 heavy (non-hydrogen) atoms. The second kappa shape index (κ2) is 9.94. The van der Waals surface area contributed by atoms with Gasteiger partial charge in [0.1, 0.15) is 5.69 Å². The summed E-state index contributed by atoms with van der Waals surface area (Å²) in [6.45, 7) is 2.91. The zero-order valence-electron chi connectivity index (χ0n) is 18.7. The van der Waals surface area contributed by atoms with Crippen molar-refractivity contribution in [2.24, 2.45) is 11.8 Å². The summed E-state index contributed by atoms with van der Waals surface area (Å²) >= 11 is 0. The molecule has 2 aromatic carbocycles. The molecule has 180 valence electrons. The van der Waals surface area contributed by atoms with Gasteiger partial charge in [-0.3, -0.25) is 9.59 Å². The third-order valence-electron chi connectivity index (χ3n) is 6.63. The Bertz CT molecular complexity index is 1280. The maximum absolute atomic E-state index is 13.3. The number of nitrogens with zero attached hydrogens (tertiary/aromatic N) is 3. The first kappa shape index (κ1) is 23.9. The molecule has 9 nitrogen and oxygen atoms in total. The maximum Gasteiger partial charge on any atom is 0.290 e. The predicted molar refractivity (Wildman–Crippen MR) is 129 cm³/mol. The van der Waals surface area contributed by atoms with Crippen molar-refractivity contribution in [3.63, 3.8) is 0 Å². The Kier molecular flexibility index (Phi) is 6.99. The van der Waals surface area contributed by atoms with Crippen LogP contribution in [0.3, 0.4) is 0 Å². The van der Waals surface area contributed by atoms with Crippen LogP contribution in [0.2, 0.25) is 0 Å². The monoisotopic (exact) mass is 484 g/mol. The fourth-order valence-electron chi connectivity index (χ4n) is 5.03. The summed E-state index contributed by atoms with van der Waals surface area (Å²) in [6.07, 6.45) is 2.65. The third kappa shape index (κ3) is 4.97. The topological polar surface area (TPSA) is 136 Å². The van der Waals surface area contributed by atoms with Crippen molar-refractivity contribution in [3.05, 3.63) is 59.8 Å². The fourth-order valence-corrected chi connectivity index (χ4v) is 6.43. The van der Waals surface area contributed by atoms with Crippen LogP contribution in [0, 0.1) is 11.8 Å². The molecule has 0 radical (unpaired) electrons. The number of anilines is 1. The number of ketones is 1. The average Bonchev–Trinajstić information content (AvgIpc) is 3.21. The standard InChI is InChI=1S/C23H26N4O3S.CH2O2/c24-19-6-7-21-20(13-19)23(22(28)12-18-14-26-10-8-17(18)9-11-26)25-27(21)31(29,30)15-16-4-2-1-3-5-16;2-1-3/h1-7,13,17-18H,8-12,14-15,24H2;1H,(H,2,3)/t18-;/m1./s1. The summed E-state index contributed by atoms with van der Waals surface area (Å²) in [5.74, 6) is 0.567. The normalized spacial score (nSPS) is 21.6. The maximum atomic E-state index is 13.3. The summed E-state index contributed by atoms with van der Waals surface area (Å²) < 4.78 is 27.4. The zero-order chi connectivity index (χ0) is 24.3. The van der Waals surface area contributed by atoms with Gasteiger partial charge in [0, 0.05) is 24.0 Å². The van der Waals surface area contributed by atoms with Gasteiger partial charge in [-0.25, -0.2) is 8.42 Å². The SMILES string of the molecule is Nc1ccc2c(c1)c(C(=O)C[C@@H]1CN3CCC1CC3)nn2S(=O)(=O)Cc1ccccc1.O=CO. The van der Waals surface area contributed by atoms with Crippen molar-refractivity contribution >= 4 is 38.9 Å². The van der Waals surface area contributed by atoms with E-state index in [0.29, 0.717) is 40.4 Å². The number of nitrogens with two attached hydrogens (primary N) is 1. The summed E-state index contributed by atoms with van der Waals surface area (Å²) in [5.41, 5.74) is 7.70. The number of hydrogen-bond donors (Lipinski definition) is 2. The quantitative estimate of drug-likeness (QED) is 0.310. The van der Waals surface area contributed by atoms with Gasteiger partial charge in [-0.1, -0.05) is 30.3 Å². The Morgan fingerprint density at radius 3 is 2.44 bits per heavy atom. The molecule has 3 aliphatic heterocycles. The van der Waals surface area contributed by atoms with Gasteiger partial charge in [0.25, 0.3) is 16.5 Å². The first-order chi connectivity index (χ1) is 16.3. The molecule has 3 aliphatic rings. The van der Waals surface area contributed by atoms with Gasteiger partial charge in [-0.2, -0.15) is 9.19 Å². The summed E-state index contributed by atoms with van der Waals surface area (Å²) in [5, 5.41) is 11.7. The summed E-state index contributed by atoms with van der Waals surface area (Å²) in [4.78, 5) is 24.1. The van der Waals surface area contributed by atoms with Gasteiger partial charge >= 0.3 is 0 Å². The van der Waals surface area contributed by atoms with Gasteiger partial charge in [-0.15, -0.1) is 0 Å². The summed E-state index contributed by atoms with van der Waals surface area (Å²) in [7, 11) is -3.80. The Hall–Kier alpha value is -3.24. The lowest BCUT2D eigenvalue weighted by molar-refractivity contribution is -0.122. The number of hydrogen-bond acceptors (Lipinski definition) is 7. The molecule has 3 N–H and O–H groups in total. The number of rotatable bonds is 6. The lowest BCUT2D eigenvalue weighted by Crippen LogP contribution is -2.47. The van der Waals surface area contributed by atoms with Crippen molar-refractivity contribution < 1.29 is 23.1 Å². The van der Waals surface area contributed by atoms with E-state index < -0.39 is 10.0 Å². The van der Waals surface area contributed by atoms with Crippen LogP contribution in [0.1, 0.15) is 35.3 Å². The molecular weight excluding hydrogens is 456 g/mol. The molecule has 2 bridgehead atoms. The molecule has 0 unspecified atom stereocenters. The van der Waals surface area contributed by atoms with Crippen LogP contribution < -0.4 is 5.73 Å². The number of piperidine rings is 3. The third-order valence-corrected chi connectivity index (χ3v) is 8.13. The number of carboxylic acid groups (broad SMARTS) is 1. The molecule has 0 saturated carbocycles. The Morgan fingerprint density at radius 2 is 1.82 bits per heavy atom. The Labute approximate surface area is 198 Å². The van der Waals surface area contributed by atoms with Crippen LogP contribution in [0.25, 0.3) is 10.9 Å². The largest absolute Gasteiger partial charge is 0.483 e. The minimum Gasteiger partial charge on any atom is -0.483 e. The minimum absolute atomic E-state index is 0.108. The van der Waals surface area contributed by atoms with Crippen LogP contribution in [0.4, 0.5) is 5.69 Å². The highest BCUT2D eigenvalue weighted by molar-refractivity contribution is 7.89. The van der Waals surface area contributed by atoms with Crippen molar-refractivity contribution in [2.75, 3.05) is 25.4 Å². The molecule has 0 aliphatic carbocycles. The van der Waals surface area contributed by atoms with Crippen molar-refractivity contribution in [3.8, 4) is 0 Å². The summed E-state index contributed by atoms with van der Waals surface area (Å²) in [6, 6.07) is 13.9. The van der Waals surface area contributed by atoms with E-state index in [4.69, 9.17) is 15.6 Å². The van der Waals surface area contributed by atoms with Gasteiger partial charge < -0.3 is 15.7 Å². The van der Waals surface area contributed by atoms with Gasteiger partial charge in [0.05, 0.1) is 11.3 Å². The number of carbonyl (C=O) groups is 2. The number of benzene rings is 2. The second-order valence-corrected chi connectivity index (χ2v) is 10.6. The number of Topliss-reactive ketones (excluding diaryl/α,β-unsaturated/α-hetero) is 1. The molecule has 10 heteroatoms. The lowest BCUT2D eigenvalue weighted by Gasteiger charge is -2.44. The smallest absolute Gasteiger partial charge is 0.290 e. The van der Waals surface area contributed by atoms with E-state index in [1.54, 1.807) is 42.5 Å². The minimum atomic E-state index is -3.80. The number of nitrogen functional groups attached to an aromatic ring is 1. The van der Waals surface area contributed by atoms with Crippen molar-refractivity contribution in [1.82, 2.24) is 14.1 Å². The first-order valence-electron chi connectivity index (χ1n) is 11.2. The highest BCUT2D eigenvalue weighted by Crippen LogP contribution is 2.35. The average molecular weight is 485 g/mol. The van der Waals surface area contributed by atoms with E-state index in [2.05, 4.69) is 10.00 Å². The molecule has 3 saturated heterocycles. The van der Waals surface area contributed by atoms with E-state index in [-0.39, 0.29) is 23.7 Å². The van der Waals surface area contributed by atoms with E-state index in [0.717, 1.165) is 36.6 Å². The molecule has 0 spiro atoms. The molecule has 0 amide bonds. The van der Waals surface area contributed by atoms with E-state index in [1.807, 2.05) is 6.07 Å². The van der Waals surface area contributed by atoms with E-state index >= 15 is 0 Å². The van der Waals surface area contributed by atoms with Crippen LogP contribution in [0.15, 0.2) is 48.5 Å². The Morgan fingerprint density at radius 1 is 1.15 bits per heavy atom. The molecule has 6 rings (SSSR count). The van der Waals surface area contributed by atoms with Crippen LogP contribution >= 0.6 is 0 Å². The van der Waals surface area contributed by atoms with Gasteiger partial charge in [-0.05, 0) is 61.5 Å². The van der Waals surface area contributed by atoms with E-state index in [9.17, 15) is 13.2 Å². The van der Waals surface area contributed by atoms with Crippen molar-refractivity contribution in [1.29, 1.82) is 0 Å². The molecule has 3 fully saturated rings. The van der Waals surface area contributed by atoms with E-state index in [1.165, 1.54) is 0 Å². The molecule has 3 aromatic rings. The predicted octanol–water partition coefficient (Wildman–Crippen LogP) is 2.61. The lowest BCUT2D eigenvalue weighted by atomic mass is 9.76. The van der Waals surface area contributed by atoms with Gasteiger partial charge in [0.15, 0.2) is 5.78 Å². The number of fused-ring (bicyclic) bond motifs is 4. The van der Waals surface area contributed by atoms with Gasteiger partial charge in [0.2, 0.25) is 0 Å².